The molecular weight excluding hydrogens is 366 g/mol. The molecule has 0 aromatic heterocycles. The van der Waals surface area contributed by atoms with E-state index in [1.54, 1.807) is 12.1 Å². The van der Waals surface area contributed by atoms with Crippen molar-refractivity contribution in [3.05, 3.63) is 47.5 Å². The van der Waals surface area contributed by atoms with Gasteiger partial charge in [-0.3, -0.25) is 0 Å². The molecule has 0 radical (unpaired) electrons. The van der Waals surface area contributed by atoms with Gasteiger partial charge in [-0.05, 0) is 55.0 Å². The van der Waals surface area contributed by atoms with Crippen LogP contribution in [0.3, 0.4) is 0 Å². The lowest BCUT2D eigenvalue weighted by Gasteiger charge is -2.19. The number of sulfonamides is 1. The van der Waals surface area contributed by atoms with E-state index in [1.165, 1.54) is 37.8 Å². The highest BCUT2D eigenvalue weighted by Gasteiger charge is 2.20. The van der Waals surface area contributed by atoms with Gasteiger partial charge < -0.3 is 14.2 Å². The predicted molar refractivity (Wildman–Crippen MR) is 103 cm³/mol. The molecule has 0 saturated heterocycles. The molecule has 2 aromatic carbocycles. The average Bonchev–Trinajstić information content (AvgIpc) is 2.70. The molecule has 0 amide bonds. The van der Waals surface area contributed by atoms with Gasteiger partial charge in [-0.2, -0.15) is 0 Å². The van der Waals surface area contributed by atoms with E-state index in [2.05, 4.69) is 10.8 Å². The van der Waals surface area contributed by atoms with Gasteiger partial charge in [0.05, 0.1) is 14.2 Å². The number of aryl methyl sites for hydroxylation is 1. The minimum Gasteiger partial charge on any atom is -0.497 e. The Kier molecular flexibility index (Phi) is 6.23. The molecular formula is C20H25NO5S. The Labute approximate surface area is 160 Å². The van der Waals surface area contributed by atoms with Gasteiger partial charge in [0.2, 0.25) is 10.0 Å². The highest BCUT2D eigenvalue weighted by atomic mass is 32.2. The maximum absolute atomic E-state index is 12.6. The average molecular weight is 391 g/mol. The first-order chi connectivity index (χ1) is 13.0. The largest absolute Gasteiger partial charge is 0.497 e. The van der Waals surface area contributed by atoms with Crippen molar-refractivity contribution >= 4 is 10.0 Å². The van der Waals surface area contributed by atoms with E-state index in [-0.39, 0.29) is 23.8 Å². The summed E-state index contributed by atoms with van der Waals surface area (Å²) in [6, 6.07) is 10.7. The number of methoxy groups -OCH3 is 2. The summed E-state index contributed by atoms with van der Waals surface area (Å²) < 4.78 is 43.9. The van der Waals surface area contributed by atoms with Gasteiger partial charge in [-0.15, -0.1) is 0 Å². The van der Waals surface area contributed by atoms with Gasteiger partial charge in [0.25, 0.3) is 0 Å². The fourth-order valence-corrected chi connectivity index (χ4v) is 4.49. The van der Waals surface area contributed by atoms with E-state index < -0.39 is 10.0 Å². The Morgan fingerprint density at radius 2 is 1.81 bits per heavy atom. The number of hydrogen-bond donors (Lipinski definition) is 1. The molecule has 0 saturated carbocycles. The van der Waals surface area contributed by atoms with Gasteiger partial charge >= 0.3 is 0 Å². The third-order valence-electron chi connectivity index (χ3n) is 4.66. The monoisotopic (exact) mass is 391 g/mol. The first-order valence-corrected chi connectivity index (χ1v) is 10.5. The molecule has 1 aliphatic rings. The van der Waals surface area contributed by atoms with E-state index in [1.807, 2.05) is 12.1 Å². The summed E-state index contributed by atoms with van der Waals surface area (Å²) in [6.45, 7) is 0.411. The Bertz CT molecular complexity index is 895. The van der Waals surface area contributed by atoms with Crippen LogP contribution in [0.5, 0.6) is 17.2 Å². The van der Waals surface area contributed by atoms with E-state index >= 15 is 0 Å². The van der Waals surface area contributed by atoms with Crippen molar-refractivity contribution < 1.29 is 22.6 Å². The number of benzene rings is 2. The summed E-state index contributed by atoms with van der Waals surface area (Å²) in [7, 11) is -0.823. The third kappa shape index (κ3) is 4.54. The standard InChI is InChI=1S/C20H25NO5S/c1-24-16-10-11-19(25-2)20(14-16)27(22,23)21-12-13-26-18-9-5-7-15-6-3-4-8-17(15)18/h5,7,9-11,14,21H,3-4,6,8,12-13H2,1-2H3. The maximum atomic E-state index is 12.6. The number of nitrogens with one attached hydrogen (secondary N) is 1. The van der Waals surface area contributed by atoms with Crippen molar-refractivity contribution in [2.75, 3.05) is 27.4 Å². The van der Waals surface area contributed by atoms with Crippen LogP contribution in [0.4, 0.5) is 0 Å². The van der Waals surface area contributed by atoms with Crippen molar-refractivity contribution in [1.82, 2.24) is 4.72 Å². The summed E-state index contributed by atoms with van der Waals surface area (Å²) in [5, 5.41) is 0. The van der Waals surface area contributed by atoms with Crippen molar-refractivity contribution in [2.45, 2.75) is 30.6 Å². The van der Waals surface area contributed by atoms with Crippen LogP contribution in [0.1, 0.15) is 24.0 Å². The first-order valence-electron chi connectivity index (χ1n) is 9.00. The zero-order valence-electron chi connectivity index (χ0n) is 15.7. The predicted octanol–water partition coefficient (Wildman–Crippen LogP) is 2.94. The number of fused-ring (bicyclic) bond motifs is 1. The lowest BCUT2D eigenvalue weighted by atomic mass is 9.91. The quantitative estimate of drug-likeness (QED) is 0.701. The number of ether oxygens (including phenoxy) is 3. The molecule has 146 valence electrons. The summed E-state index contributed by atoms with van der Waals surface area (Å²) in [4.78, 5) is 0.0430. The smallest absolute Gasteiger partial charge is 0.244 e. The molecule has 1 N–H and O–H groups in total. The summed E-state index contributed by atoms with van der Waals surface area (Å²) in [6.07, 6.45) is 4.46. The van der Waals surface area contributed by atoms with Crippen molar-refractivity contribution in [3.8, 4) is 17.2 Å². The zero-order valence-corrected chi connectivity index (χ0v) is 16.5. The molecule has 7 heteroatoms. The SMILES string of the molecule is COc1ccc(OC)c(S(=O)(=O)NCCOc2cccc3c2CCCC3)c1. The van der Waals surface area contributed by atoms with Crippen LogP contribution in [0.15, 0.2) is 41.3 Å². The molecule has 0 atom stereocenters. The summed E-state index contributed by atoms with van der Waals surface area (Å²) >= 11 is 0. The molecule has 0 bridgehead atoms. The second kappa shape index (κ2) is 8.63. The van der Waals surface area contributed by atoms with Crippen LogP contribution < -0.4 is 18.9 Å². The van der Waals surface area contributed by atoms with Crippen LogP contribution in [-0.4, -0.2) is 35.8 Å². The Morgan fingerprint density at radius 1 is 1.00 bits per heavy atom. The molecule has 0 spiro atoms. The highest BCUT2D eigenvalue weighted by Crippen LogP contribution is 2.30. The molecule has 2 aromatic rings. The fourth-order valence-electron chi connectivity index (χ4n) is 3.29. The van der Waals surface area contributed by atoms with Crippen LogP contribution >= 0.6 is 0 Å². The molecule has 0 aliphatic heterocycles. The minimum atomic E-state index is -3.74. The van der Waals surface area contributed by atoms with Gasteiger partial charge in [0.1, 0.15) is 28.8 Å². The fraction of sp³-hybridized carbons (Fsp3) is 0.400. The van der Waals surface area contributed by atoms with Crippen LogP contribution in [-0.2, 0) is 22.9 Å². The highest BCUT2D eigenvalue weighted by molar-refractivity contribution is 7.89. The lowest BCUT2D eigenvalue weighted by Crippen LogP contribution is -2.28. The topological polar surface area (TPSA) is 73.9 Å². The Balaban J connectivity index is 1.64. The molecule has 27 heavy (non-hydrogen) atoms. The molecule has 3 rings (SSSR count). The number of hydrogen-bond acceptors (Lipinski definition) is 5. The molecule has 0 fully saturated rings. The second-order valence-corrected chi connectivity index (χ2v) is 8.10. The van der Waals surface area contributed by atoms with E-state index in [0.29, 0.717) is 5.75 Å². The van der Waals surface area contributed by atoms with Gasteiger partial charge in [0.15, 0.2) is 0 Å². The molecule has 0 heterocycles. The van der Waals surface area contributed by atoms with E-state index in [0.717, 1.165) is 25.0 Å². The molecule has 1 aliphatic carbocycles. The van der Waals surface area contributed by atoms with Gasteiger partial charge in [-0.1, -0.05) is 12.1 Å². The van der Waals surface area contributed by atoms with Crippen molar-refractivity contribution in [2.24, 2.45) is 0 Å². The summed E-state index contributed by atoms with van der Waals surface area (Å²) in [5.74, 6) is 1.56. The third-order valence-corrected chi connectivity index (χ3v) is 6.15. The van der Waals surface area contributed by atoms with Crippen molar-refractivity contribution in [1.29, 1.82) is 0 Å². The van der Waals surface area contributed by atoms with Crippen LogP contribution in [0.25, 0.3) is 0 Å². The Hall–Kier alpha value is -2.25. The molecule has 0 unspecified atom stereocenters. The number of rotatable bonds is 8. The Morgan fingerprint density at radius 3 is 2.59 bits per heavy atom. The van der Waals surface area contributed by atoms with Crippen molar-refractivity contribution in [3.63, 3.8) is 0 Å². The zero-order chi connectivity index (χ0) is 19.3. The van der Waals surface area contributed by atoms with Crippen LogP contribution in [0.2, 0.25) is 0 Å². The minimum absolute atomic E-state index is 0.0430. The first kappa shape index (κ1) is 19.5. The summed E-state index contributed by atoms with van der Waals surface area (Å²) in [5.41, 5.74) is 2.58. The second-order valence-electron chi connectivity index (χ2n) is 6.36. The maximum Gasteiger partial charge on any atom is 0.244 e. The normalized spacial score (nSPS) is 13.7. The lowest BCUT2D eigenvalue weighted by molar-refractivity contribution is 0.317. The van der Waals surface area contributed by atoms with Gasteiger partial charge in [0, 0.05) is 12.6 Å². The molecule has 6 nitrogen and oxygen atoms in total. The van der Waals surface area contributed by atoms with E-state index in [4.69, 9.17) is 14.2 Å². The van der Waals surface area contributed by atoms with Crippen LogP contribution in [0, 0.1) is 0 Å². The van der Waals surface area contributed by atoms with E-state index in [9.17, 15) is 8.42 Å². The van der Waals surface area contributed by atoms with Gasteiger partial charge in [-0.25, -0.2) is 13.1 Å².